The van der Waals surface area contributed by atoms with Gasteiger partial charge in [0, 0.05) is 6.54 Å². The van der Waals surface area contributed by atoms with E-state index in [2.05, 4.69) is 6.92 Å². The lowest BCUT2D eigenvalue weighted by molar-refractivity contribution is -0.143. The molecule has 26 heavy (non-hydrogen) atoms. The Bertz CT molecular complexity index is 685. The molecule has 0 N–H and O–H groups in total. The Balaban J connectivity index is 1.97. The van der Waals surface area contributed by atoms with Gasteiger partial charge in [0.1, 0.15) is 10.1 Å². The number of amides is 1. The summed E-state index contributed by atoms with van der Waals surface area (Å²) in [7, 11) is 0. The molecule has 140 valence electrons. The van der Waals surface area contributed by atoms with Crippen LogP contribution in [0, 0.1) is 0 Å². The van der Waals surface area contributed by atoms with Crippen LogP contribution in [0.2, 0.25) is 0 Å². The third kappa shape index (κ3) is 5.85. The Morgan fingerprint density at radius 2 is 2.00 bits per heavy atom. The maximum atomic E-state index is 12.5. The van der Waals surface area contributed by atoms with Gasteiger partial charge in [-0.25, -0.2) is 0 Å². The molecule has 0 atom stereocenters. The highest BCUT2D eigenvalue weighted by Gasteiger charge is 2.32. The average Bonchev–Trinajstić information content (AvgIpc) is 2.88. The standard InChI is InChI=1S/C19H23NO4S2/c1-3-5-12-24-15-8-6-14(7-9-15)13-16-18(22)20(19(25)26-16)11-10-17(21)23-4-2/h6-9,13H,3-5,10-12H2,1-2H3/b16-13-. The number of esters is 1. The van der Waals surface area contributed by atoms with Gasteiger partial charge in [0.15, 0.2) is 0 Å². The van der Waals surface area contributed by atoms with E-state index in [-0.39, 0.29) is 24.8 Å². The first-order valence-electron chi connectivity index (χ1n) is 8.69. The van der Waals surface area contributed by atoms with E-state index in [1.54, 1.807) is 13.0 Å². The number of carbonyl (C=O) groups is 2. The summed E-state index contributed by atoms with van der Waals surface area (Å²) in [6, 6.07) is 7.60. The van der Waals surface area contributed by atoms with Gasteiger partial charge in [-0.3, -0.25) is 14.5 Å². The van der Waals surface area contributed by atoms with Crippen LogP contribution in [0.15, 0.2) is 29.2 Å². The zero-order chi connectivity index (χ0) is 18.9. The van der Waals surface area contributed by atoms with E-state index in [1.807, 2.05) is 24.3 Å². The molecule has 1 fully saturated rings. The minimum absolute atomic E-state index is 0.136. The first-order chi connectivity index (χ1) is 12.5. The summed E-state index contributed by atoms with van der Waals surface area (Å²) in [6.45, 7) is 5.14. The topological polar surface area (TPSA) is 55.8 Å². The Morgan fingerprint density at radius 3 is 2.65 bits per heavy atom. The zero-order valence-corrected chi connectivity index (χ0v) is 16.7. The fraction of sp³-hybridized carbons (Fsp3) is 0.421. The van der Waals surface area contributed by atoms with Crippen LogP contribution in [0.5, 0.6) is 5.75 Å². The average molecular weight is 394 g/mol. The Hall–Kier alpha value is -1.86. The molecular formula is C19H23NO4S2. The maximum absolute atomic E-state index is 12.5. The highest BCUT2D eigenvalue weighted by molar-refractivity contribution is 8.26. The predicted molar refractivity (Wildman–Crippen MR) is 108 cm³/mol. The molecule has 2 rings (SSSR count). The second-order valence-corrected chi connectivity index (χ2v) is 7.34. The molecule has 0 radical (unpaired) electrons. The number of nitrogens with zero attached hydrogens (tertiary/aromatic N) is 1. The minimum atomic E-state index is -0.329. The molecule has 0 aromatic heterocycles. The van der Waals surface area contributed by atoms with Crippen molar-refractivity contribution in [1.82, 2.24) is 4.90 Å². The molecule has 0 saturated carbocycles. The van der Waals surface area contributed by atoms with Gasteiger partial charge in [0.25, 0.3) is 5.91 Å². The van der Waals surface area contributed by atoms with Crippen molar-refractivity contribution in [3.63, 3.8) is 0 Å². The SMILES string of the molecule is CCCCOc1ccc(/C=C2\SC(=S)N(CCC(=O)OCC)C2=O)cc1. The summed E-state index contributed by atoms with van der Waals surface area (Å²) in [5, 5.41) is 0. The Kier molecular flexibility index (Phi) is 8.12. The van der Waals surface area contributed by atoms with E-state index in [9.17, 15) is 9.59 Å². The molecule has 1 aliphatic rings. The molecule has 1 aromatic carbocycles. The van der Waals surface area contributed by atoms with Gasteiger partial charge >= 0.3 is 5.97 Å². The van der Waals surface area contributed by atoms with Crippen molar-refractivity contribution in [3.05, 3.63) is 34.7 Å². The number of hydrogen-bond acceptors (Lipinski definition) is 6. The van der Waals surface area contributed by atoms with Crippen molar-refractivity contribution in [2.45, 2.75) is 33.1 Å². The van der Waals surface area contributed by atoms with Crippen molar-refractivity contribution in [1.29, 1.82) is 0 Å². The first kappa shape index (κ1) is 20.5. The van der Waals surface area contributed by atoms with Crippen LogP contribution in [-0.2, 0) is 14.3 Å². The van der Waals surface area contributed by atoms with Crippen molar-refractivity contribution >= 4 is 46.3 Å². The predicted octanol–water partition coefficient (Wildman–Crippen LogP) is 4.02. The monoisotopic (exact) mass is 393 g/mol. The lowest BCUT2D eigenvalue weighted by Crippen LogP contribution is -2.30. The number of thiocarbonyl (C=S) groups is 1. The maximum Gasteiger partial charge on any atom is 0.307 e. The number of hydrogen-bond donors (Lipinski definition) is 0. The third-order valence-corrected chi connectivity index (χ3v) is 5.04. The molecule has 1 aromatic rings. The van der Waals surface area contributed by atoms with E-state index >= 15 is 0 Å². The second kappa shape index (κ2) is 10.3. The van der Waals surface area contributed by atoms with Crippen LogP contribution < -0.4 is 4.74 Å². The molecule has 1 amide bonds. The molecule has 5 nitrogen and oxygen atoms in total. The summed E-state index contributed by atoms with van der Waals surface area (Å²) in [5.74, 6) is 0.314. The smallest absolute Gasteiger partial charge is 0.307 e. The fourth-order valence-electron chi connectivity index (χ4n) is 2.28. The van der Waals surface area contributed by atoms with E-state index in [1.165, 1.54) is 16.7 Å². The van der Waals surface area contributed by atoms with Crippen LogP contribution in [0.3, 0.4) is 0 Å². The van der Waals surface area contributed by atoms with Gasteiger partial charge < -0.3 is 9.47 Å². The van der Waals surface area contributed by atoms with Crippen LogP contribution in [0.25, 0.3) is 6.08 Å². The molecule has 1 saturated heterocycles. The highest BCUT2D eigenvalue weighted by atomic mass is 32.2. The molecule has 0 aliphatic carbocycles. The lowest BCUT2D eigenvalue weighted by atomic mass is 10.2. The number of carbonyl (C=O) groups excluding carboxylic acids is 2. The van der Waals surface area contributed by atoms with E-state index in [0.717, 1.165) is 24.2 Å². The van der Waals surface area contributed by atoms with Gasteiger partial charge in [-0.1, -0.05) is 49.5 Å². The van der Waals surface area contributed by atoms with Crippen molar-refractivity contribution < 1.29 is 19.1 Å². The van der Waals surface area contributed by atoms with Crippen molar-refractivity contribution in [3.8, 4) is 5.75 Å². The van der Waals surface area contributed by atoms with Gasteiger partial charge in [0.2, 0.25) is 0 Å². The van der Waals surface area contributed by atoms with Gasteiger partial charge in [0.05, 0.1) is 24.5 Å². The summed E-state index contributed by atoms with van der Waals surface area (Å²) >= 11 is 6.51. The van der Waals surface area contributed by atoms with Crippen LogP contribution >= 0.6 is 24.0 Å². The van der Waals surface area contributed by atoms with Crippen molar-refractivity contribution in [2.75, 3.05) is 19.8 Å². The molecular weight excluding hydrogens is 370 g/mol. The molecule has 0 spiro atoms. The summed E-state index contributed by atoms with van der Waals surface area (Å²) < 4.78 is 11.0. The van der Waals surface area contributed by atoms with Gasteiger partial charge in [-0.05, 0) is 37.1 Å². The Labute approximate surface area is 163 Å². The van der Waals surface area contributed by atoms with E-state index in [0.29, 0.717) is 22.4 Å². The number of ether oxygens (including phenoxy) is 2. The van der Waals surface area contributed by atoms with E-state index in [4.69, 9.17) is 21.7 Å². The third-order valence-electron chi connectivity index (χ3n) is 3.66. The number of benzene rings is 1. The van der Waals surface area contributed by atoms with Crippen LogP contribution in [0.4, 0.5) is 0 Å². The fourth-order valence-corrected chi connectivity index (χ4v) is 3.58. The Morgan fingerprint density at radius 1 is 1.27 bits per heavy atom. The minimum Gasteiger partial charge on any atom is -0.494 e. The van der Waals surface area contributed by atoms with Crippen molar-refractivity contribution in [2.24, 2.45) is 0 Å². The number of unbranched alkanes of at least 4 members (excludes halogenated alkanes) is 1. The van der Waals surface area contributed by atoms with Gasteiger partial charge in [-0.15, -0.1) is 0 Å². The number of thioether (sulfide) groups is 1. The normalized spacial score (nSPS) is 15.6. The summed E-state index contributed by atoms with van der Waals surface area (Å²) in [6.07, 6.45) is 4.06. The summed E-state index contributed by atoms with van der Waals surface area (Å²) in [5.41, 5.74) is 0.902. The first-order valence-corrected chi connectivity index (χ1v) is 9.91. The molecule has 1 heterocycles. The summed E-state index contributed by atoms with van der Waals surface area (Å²) in [4.78, 5) is 26.0. The molecule has 0 unspecified atom stereocenters. The number of rotatable bonds is 9. The van der Waals surface area contributed by atoms with Crippen LogP contribution in [-0.4, -0.2) is 40.9 Å². The molecule has 7 heteroatoms. The molecule has 0 bridgehead atoms. The second-order valence-electron chi connectivity index (χ2n) is 5.66. The largest absolute Gasteiger partial charge is 0.494 e. The van der Waals surface area contributed by atoms with E-state index < -0.39 is 0 Å². The molecule has 1 aliphatic heterocycles. The van der Waals surface area contributed by atoms with Gasteiger partial charge in [-0.2, -0.15) is 0 Å². The highest BCUT2D eigenvalue weighted by Crippen LogP contribution is 2.32. The van der Waals surface area contributed by atoms with Crippen LogP contribution in [0.1, 0.15) is 38.7 Å². The lowest BCUT2D eigenvalue weighted by Gasteiger charge is -2.13. The quantitative estimate of drug-likeness (QED) is 0.273. The zero-order valence-electron chi connectivity index (χ0n) is 15.0.